The van der Waals surface area contributed by atoms with Crippen LogP contribution in [0.15, 0.2) is 18.2 Å². The average molecular weight is 283 g/mol. The molecule has 1 aliphatic heterocycles. The molecule has 1 aromatic carbocycles. The van der Waals surface area contributed by atoms with Gasteiger partial charge in [-0.05, 0) is 37.1 Å². The predicted molar refractivity (Wildman–Crippen MR) is 81.0 cm³/mol. The molecule has 1 aromatic rings. The fraction of sp³-hybridized carbons (Fsp3) is 0.600. The topological polar surface area (TPSA) is 24.5 Å². The minimum absolute atomic E-state index is 0.301. The quantitative estimate of drug-likeness (QED) is 0.919. The van der Waals surface area contributed by atoms with E-state index in [0.29, 0.717) is 12.0 Å². The zero-order chi connectivity index (χ0) is 13.8. The highest BCUT2D eigenvalue weighted by Crippen LogP contribution is 2.29. The lowest BCUT2D eigenvalue weighted by Crippen LogP contribution is -2.44. The summed E-state index contributed by atoms with van der Waals surface area (Å²) in [5.41, 5.74) is 2.52. The van der Waals surface area contributed by atoms with Crippen LogP contribution in [0.4, 0.5) is 5.69 Å². The second-order valence-corrected chi connectivity index (χ2v) is 5.73. The first kappa shape index (κ1) is 14.6. The number of nitrogens with zero attached hydrogens (tertiary/aromatic N) is 1. The first-order valence-corrected chi connectivity index (χ1v) is 7.24. The summed E-state index contributed by atoms with van der Waals surface area (Å²) in [4.78, 5) is 2.40. The van der Waals surface area contributed by atoms with Gasteiger partial charge >= 0.3 is 0 Å². The summed E-state index contributed by atoms with van der Waals surface area (Å²) in [6, 6.07) is 6.13. The number of hydrogen-bond donors (Lipinski definition) is 1. The van der Waals surface area contributed by atoms with Crippen molar-refractivity contribution in [3.63, 3.8) is 0 Å². The first-order valence-electron chi connectivity index (χ1n) is 6.86. The predicted octanol–water partition coefficient (Wildman–Crippen LogP) is 2.92. The van der Waals surface area contributed by atoms with Gasteiger partial charge in [0, 0.05) is 37.5 Å². The Bertz CT molecular complexity index is 425. The molecule has 1 N–H and O–H groups in total. The van der Waals surface area contributed by atoms with E-state index in [0.717, 1.165) is 31.1 Å². The number of anilines is 1. The number of nitrogens with one attached hydrogen (secondary N) is 1. The molecule has 2 rings (SSSR count). The van der Waals surface area contributed by atoms with Gasteiger partial charge in [-0.3, -0.25) is 0 Å². The molecule has 4 heteroatoms. The van der Waals surface area contributed by atoms with E-state index in [1.54, 1.807) is 7.11 Å². The Morgan fingerprint density at radius 2 is 2.26 bits per heavy atom. The minimum Gasteiger partial charge on any atom is -0.379 e. The molecule has 2 atom stereocenters. The van der Waals surface area contributed by atoms with Crippen molar-refractivity contribution < 1.29 is 4.74 Å². The maximum Gasteiger partial charge on any atom is 0.0772 e. The standard InChI is InChI=1S/C15H23ClN2O/c1-11-6-7-18(10-15(11)19-3)14-8-13(16)5-4-12(14)9-17-2/h4-5,8,11,15,17H,6-7,9-10H2,1-3H3. The number of piperidine rings is 1. The van der Waals surface area contributed by atoms with Crippen molar-refractivity contribution in [2.75, 3.05) is 32.1 Å². The van der Waals surface area contributed by atoms with Crippen molar-refractivity contribution in [2.24, 2.45) is 5.92 Å². The van der Waals surface area contributed by atoms with E-state index in [1.165, 1.54) is 11.3 Å². The van der Waals surface area contributed by atoms with Gasteiger partial charge in [-0.1, -0.05) is 24.6 Å². The molecule has 1 heterocycles. The van der Waals surface area contributed by atoms with Crippen LogP contribution in [0.5, 0.6) is 0 Å². The molecule has 0 saturated carbocycles. The monoisotopic (exact) mass is 282 g/mol. The highest BCUT2D eigenvalue weighted by molar-refractivity contribution is 6.30. The summed E-state index contributed by atoms with van der Waals surface area (Å²) in [6.45, 7) is 5.13. The molecule has 19 heavy (non-hydrogen) atoms. The van der Waals surface area contributed by atoms with Crippen LogP contribution in [-0.4, -0.2) is 33.4 Å². The van der Waals surface area contributed by atoms with Crippen molar-refractivity contribution in [3.8, 4) is 0 Å². The van der Waals surface area contributed by atoms with Crippen LogP contribution in [0.3, 0.4) is 0 Å². The zero-order valence-electron chi connectivity index (χ0n) is 11.9. The lowest BCUT2D eigenvalue weighted by molar-refractivity contribution is 0.0498. The Kier molecular flexibility index (Phi) is 5.08. The van der Waals surface area contributed by atoms with Crippen molar-refractivity contribution >= 4 is 17.3 Å². The fourth-order valence-corrected chi connectivity index (χ4v) is 2.90. The van der Waals surface area contributed by atoms with Crippen molar-refractivity contribution in [1.29, 1.82) is 0 Å². The smallest absolute Gasteiger partial charge is 0.0772 e. The molecule has 0 bridgehead atoms. The second kappa shape index (κ2) is 6.60. The van der Waals surface area contributed by atoms with Gasteiger partial charge in [0.15, 0.2) is 0 Å². The van der Waals surface area contributed by atoms with E-state index in [-0.39, 0.29) is 0 Å². The van der Waals surface area contributed by atoms with Crippen molar-refractivity contribution in [3.05, 3.63) is 28.8 Å². The van der Waals surface area contributed by atoms with Gasteiger partial charge in [-0.2, -0.15) is 0 Å². The number of methoxy groups -OCH3 is 1. The number of halogens is 1. The van der Waals surface area contributed by atoms with E-state index >= 15 is 0 Å². The van der Waals surface area contributed by atoms with E-state index in [9.17, 15) is 0 Å². The third-order valence-electron chi connectivity index (χ3n) is 3.95. The maximum atomic E-state index is 6.16. The summed E-state index contributed by atoms with van der Waals surface area (Å²) in [6.07, 6.45) is 1.46. The Morgan fingerprint density at radius 3 is 2.95 bits per heavy atom. The van der Waals surface area contributed by atoms with Gasteiger partial charge in [0.1, 0.15) is 0 Å². The number of benzene rings is 1. The number of rotatable bonds is 4. The van der Waals surface area contributed by atoms with Crippen LogP contribution in [0.2, 0.25) is 5.02 Å². The fourth-order valence-electron chi connectivity index (χ4n) is 2.73. The maximum absolute atomic E-state index is 6.16. The van der Waals surface area contributed by atoms with Gasteiger partial charge in [0.25, 0.3) is 0 Å². The first-order chi connectivity index (χ1) is 9.15. The van der Waals surface area contributed by atoms with Crippen LogP contribution in [0.25, 0.3) is 0 Å². The molecular formula is C15H23ClN2O. The SMILES string of the molecule is CNCc1ccc(Cl)cc1N1CCC(C)C(OC)C1. The molecule has 3 nitrogen and oxygen atoms in total. The Morgan fingerprint density at radius 1 is 1.47 bits per heavy atom. The van der Waals surface area contributed by atoms with Crippen LogP contribution in [-0.2, 0) is 11.3 Å². The van der Waals surface area contributed by atoms with Crippen molar-refractivity contribution in [1.82, 2.24) is 5.32 Å². The van der Waals surface area contributed by atoms with Crippen LogP contribution < -0.4 is 10.2 Å². The molecule has 2 unspecified atom stereocenters. The van der Waals surface area contributed by atoms with E-state index < -0.39 is 0 Å². The van der Waals surface area contributed by atoms with Gasteiger partial charge < -0.3 is 15.0 Å². The van der Waals surface area contributed by atoms with E-state index in [1.807, 2.05) is 13.1 Å². The second-order valence-electron chi connectivity index (χ2n) is 5.29. The molecule has 106 valence electrons. The molecule has 0 spiro atoms. The highest BCUT2D eigenvalue weighted by atomic mass is 35.5. The summed E-state index contributed by atoms with van der Waals surface area (Å²) < 4.78 is 5.59. The van der Waals surface area contributed by atoms with E-state index in [4.69, 9.17) is 16.3 Å². The minimum atomic E-state index is 0.301. The third kappa shape index (κ3) is 3.41. The largest absolute Gasteiger partial charge is 0.379 e. The molecule has 1 aliphatic rings. The van der Waals surface area contributed by atoms with E-state index in [2.05, 4.69) is 29.3 Å². The van der Waals surface area contributed by atoms with Gasteiger partial charge in [-0.25, -0.2) is 0 Å². The molecule has 0 amide bonds. The normalized spacial score (nSPS) is 23.7. The van der Waals surface area contributed by atoms with Crippen LogP contribution in [0.1, 0.15) is 18.9 Å². The van der Waals surface area contributed by atoms with Gasteiger partial charge in [0.2, 0.25) is 0 Å². The van der Waals surface area contributed by atoms with Crippen LogP contribution in [0, 0.1) is 5.92 Å². The molecular weight excluding hydrogens is 260 g/mol. The highest BCUT2D eigenvalue weighted by Gasteiger charge is 2.27. The molecule has 1 fully saturated rings. The molecule has 0 radical (unpaired) electrons. The van der Waals surface area contributed by atoms with Gasteiger partial charge in [0.05, 0.1) is 6.10 Å². The van der Waals surface area contributed by atoms with Crippen LogP contribution >= 0.6 is 11.6 Å². The Balaban J connectivity index is 2.22. The lowest BCUT2D eigenvalue weighted by atomic mass is 9.95. The summed E-state index contributed by atoms with van der Waals surface area (Å²) in [7, 11) is 3.77. The number of ether oxygens (including phenoxy) is 1. The number of hydrogen-bond acceptors (Lipinski definition) is 3. The Labute approximate surface area is 120 Å². The molecule has 0 aromatic heterocycles. The third-order valence-corrected chi connectivity index (χ3v) is 4.18. The summed E-state index contributed by atoms with van der Waals surface area (Å²) in [5, 5.41) is 4.01. The van der Waals surface area contributed by atoms with Gasteiger partial charge in [-0.15, -0.1) is 0 Å². The summed E-state index contributed by atoms with van der Waals surface area (Å²) in [5.74, 6) is 0.619. The van der Waals surface area contributed by atoms with Crippen molar-refractivity contribution in [2.45, 2.75) is 26.0 Å². The summed E-state index contributed by atoms with van der Waals surface area (Å²) >= 11 is 6.16. The lowest BCUT2D eigenvalue weighted by Gasteiger charge is -2.38. The Hall–Kier alpha value is -0.770. The molecule has 0 aliphatic carbocycles. The molecule has 1 saturated heterocycles. The zero-order valence-corrected chi connectivity index (χ0v) is 12.7. The average Bonchev–Trinajstić information content (AvgIpc) is 2.42.